The van der Waals surface area contributed by atoms with Crippen molar-refractivity contribution in [3.63, 3.8) is 0 Å². The second-order valence-electron chi connectivity index (χ2n) is 8.77. The SMILES string of the molecule is C=C(C)c1cc2c(nc(CN3CC=C(c4cccc(OCc5ccc(Cl)cc5F)n4)CC3)n2C)s1. The Balaban J connectivity index is 1.23. The molecule has 180 valence electrons. The lowest BCUT2D eigenvalue weighted by molar-refractivity contribution is 0.282. The topological polar surface area (TPSA) is 43.2 Å². The maximum Gasteiger partial charge on any atom is 0.214 e. The molecule has 3 aromatic heterocycles. The van der Waals surface area contributed by atoms with Crippen molar-refractivity contribution in [3.8, 4) is 5.88 Å². The summed E-state index contributed by atoms with van der Waals surface area (Å²) in [6.07, 6.45) is 3.11. The van der Waals surface area contributed by atoms with E-state index < -0.39 is 0 Å². The predicted octanol–water partition coefficient (Wildman–Crippen LogP) is 6.72. The van der Waals surface area contributed by atoms with Gasteiger partial charge in [-0.05, 0) is 48.8 Å². The summed E-state index contributed by atoms with van der Waals surface area (Å²) < 4.78 is 22.0. The molecule has 0 amide bonds. The van der Waals surface area contributed by atoms with Crippen LogP contribution in [0.5, 0.6) is 5.88 Å². The second-order valence-corrected chi connectivity index (χ2v) is 10.2. The molecule has 0 bridgehead atoms. The number of pyridine rings is 1. The lowest BCUT2D eigenvalue weighted by Crippen LogP contribution is -2.29. The Hall–Kier alpha value is -3.00. The summed E-state index contributed by atoms with van der Waals surface area (Å²) in [5, 5.41) is 0.365. The van der Waals surface area contributed by atoms with Crippen LogP contribution in [0.15, 0.2) is 55.1 Å². The number of aryl methyl sites for hydroxylation is 1. The van der Waals surface area contributed by atoms with E-state index in [9.17, 15) is 4.39 Å². The van der Waals surface area contributed by atoms with Gasteiger partial charge in [0.1, 0.15) is 23.1 Å². The van der Waals surface area contributed by atoms with Crippen molar-refractivity contribution in [1.29, 1.82) is 0 Å². The number of aromatic nitrogens is 3. The molecule has 4 aromatic rings. The maximum atomic E-state index is 14.0. The predicted molar refractivity (Wildman–Crippen MR) is 141 cm³/mol. The highest BCUT2D eigenvalue weighted by Gasteiger charge is 2.18. The lowest BCUT2D eigenvalue weighted by atomic mass is 10.0. The zero-order chi connectivity index (χ0) is 24.5. The van der Waals surface area contributed by atoms with Gasteiger partial charge >= 0.3 is 0 Å². The van der Waals surface area contributed by atoms with Crippen LogP contribution >= 0.6 is 22.9 Å². The number of hydrogen-bond acceptors (Lipinski definition) is 5. The number of ether oxygens (including phenoxy) is 1. The van der Waals surface area contributed by atoms with E-state index in [0.29, 0.717) is 16.5 Å². The summed E-state index contributed by atoms with van der Waals surface area (Å²) in [6, 6.07) is 12.4. The minimum absolute atomic E-state index is 0.0985. The average Bonchev–Trinajstić information content (AvgIpc) is 3.39. The average molecular weight is 509 g/mol. The van der Waals surface area contributed by atoms with Crippen LogP contribution < -0.4 is 4.74 Å². The number of benzene rings is 1. The van der Waals surface area contributed by atoms with Gasteiger partial charge < -0.3 is 9.30 Å². The maximum absolute atomic E-state index is 14.0. The molecule has 5 rings (SSSR count). The van der Waals surface area contributed by atoms with E-state index in [0.717, 1.165) is 53.5 Å². The third kappa shape index (κ3) is 5.17. The van der Waals surface area contributed by atoms with Gasteiger partial charge in [-0.25, -0.2) is 14.4 Å². The Morgan fingerprint density at radius 3 is 2.80 bits per heavy atom. The zero-order valence-electron chi connectivity index (χ0n) is 19.7. The third-order valence-electron chi connectivity index (χ3n) is 6.19. The number of allylic oxidation sites excluding steroid dienone is 1. The zero-order valence-corrected chi connectivity index (χ0v) is 21.3. The molecule has 0 fully saturated rings. The molecule has 1 aliphatic heterocycles. The number of halogens is 2. The number of rotatable bonds is 7. The van der Waals surface area contributed by atoms with Crippen LogP contribution in [0.1, 0.15) is 35.3 Å². The molecule has 0 saturated heterocycles. The highest BCUT2D eigenvalue weighted by atomic mass is 35.5. The van der Waals surface area contributed by atoms with Crippen LogP contribution in [0.25, 0.3) is 21.5 Å². The summed E-state index contributed by atoms with van der Waals surface area (Å²) in [4.78, 5) is 14.2. The smallest absolute Gasteiger partial charge is 0.214 e. The summed E-state index contributed by atoms with van der Waals surface area (Å²) in [7, 11) is 2.08. The van der Waals surface area contributed by atoms with Crippen LogP contribution in [0.2, 0.25) is 5.02 Å². The van der Waals surface area contributed by atoms with Gasteiger partial charge in [0.25, 0.3) is 0 Å². The molecule has 5 nitrogen and oxygen atoms in total. The van der Waals surface area contributed by atoms with E-state index in [1.165, 1.54) is 16.5 Å². The number of imidazole rings is 1. The van der Waals surface area contributed by atoms with Crippen molar-refractivity contribution < 1.29 is 9.13 Å². The van der Waals surface area contributed by atoms with Gasteiger partial charge in [-0.15, -0.1) is 11.3 Å². The van der Waals surface area contributed by atoms with Crippen molar-refractivity contribution in [2.24, 2.45) is 7.05 Å². The van der Waals surface area contributed by atoms with E-state index in [4.69, 9.17) is 21.3 Å². The van der Waals surface area contributed by atoms with Gasteiger partial charge in [-0.3, -0.25) is 4.90 Å². The normalized spacial score (nSPS) is 14.3. The summed E-state index contributed by atoms with van der Waals surface area (Å²) in [5.74, 6) is 1.16. The molecule has 0 spiro atoms. The van der Waals surface area contributed by atoms with E-state index in [1.807, 2.05) is 19.1 Å². The van der Waals surface area contributed by atoms with Gasteiger partial charge in [0.15, 0.2) is 0 Å². The molecule has 0 N–H and O–H groups in total. The minimum atomic E-state index is -0.382. The molecule has 0 aliphatic carbocycles. The lowest BCUT2D eigenvalue weighted by Gasteiger charge is -2.25. The third-order valence-corrected chi connectivity index (χ3v) is 7.61. The van der Waals surface area contributed by atoms with E-state index in [-0.39, 0.29) is 12.4 Å². The van der Waals surface area contributed by atoms with Gasteiger partial charge in [0.05, 0.1) is 17.8 Å². The molecule has 0 radical (unpaired) electrons. The number of hydrogen-bond donors (Lipinski definition) is 0. The first kappa shape index (κ1) is 23.7. The highest BCUT2D eigenvalue weighted by molar-refractivity contribution is 7.19. The summed E-state index contributed by atoms with van der Waals surface area (Å²) >= 11 is 7.52. The van der Waals surface area contributed by atoms with Gasteiger partial charge in [0, 0.05) is 41.7 Å². The first-order valence-electron chi connectivity index (χ1n) is 11.4. The Bertz CT molecular complexity index is 1440. The first-order valence-corrected chi connectivity index (χ1v) is 12.6. The molecular formula is C27H26ClFN4OS. The van der Waals surface area contributed by atoms with E-state index >= 15 is 0 Å². The van der Waals surface area contributed by atoms with Crippen LogP contribution in [0.3, 0.4) is 0 Å². The summed E-state index contributed by atoms with van der Waals surface area (Å²) in [5.41, 5.74) is 4.76. The summed E-state index contributed by atoms with van der Waals surface area (Å²) in [6.45, 7) is 8.72. The first-order chi connectivity index (χ1) is 16.9. The van der Waals surface area contributed by atoms with E-state index in [2.05, 4.69) is 40.2 Å². The van der Waals surface area contributed by atoms with Gasteiger partial charge in [-0.2, -0.15) is 0 Å². The fourth-order valence-electron chi connectivity index (χ4n) is 4.13. The van der Waals surface area contributed by atoms with Crippen LogP contribution in [-0.2, 0) is 20.2 Å². The van der Waals surface area contributed by atoms with Crippen molar-refractivity contribution in [3.05, 3.63) is 87.9 Å². The molecule has 8 heteroatoms. The number of fused-ring (bicyclic) bond motifs is 1. The van der Waals surface area contributed by atoms with Crippen LogP contribution in [-0.4, -0.2) is 32.5 Å². The fourth-order valence-corrected chi connectivity index (χ4v) is 5.29. The molecule has 0 unspecified atom stereocenters. The fraction of sp³-hybridized carbons (Fsp3) is 0.259. The Morgan fingerprint density at radius 1 is 1.23 bits per heavy atom. The Labute approximate surface area is 213 Å². The standard InChI is InChI=1S/C27H26ClFN4OS/c1-17(2)24-14-23-27(35-24)31-25(32(23)3)15-33-11-9-18(10-12-33)22-5-4-6-26(30-22)34-16-19-7-8-20(28)13-21(19)29/h4-9,13-14H,1,10-12,15-16H2,2-3H3. The molecule has 0 atom stereocenters. The van der Waals surface area contributed by atoms with E-state index in [1.54, 1.807) is 29.5 Å². The quantitative estimate of drug-likeness (QED) is 0.278. The Morgan fingerprint density at radius 2 is 2.09 bits per heavy atom. The van der Waals surface area contributed by atoms with Crippen LogP contribution in [0.4, 0.5) is 4.39 Å². The molecule has 1 aromatic carbocycles. The monoisotopic (exact) mass is 508 g/mol. The van der Waals surface area contributed by atoms with Gasteiger partial charge in [-0.1, -0.05) is 36.4 Å². The number of thiophene rings is 1. The minimum Gasteiger partial charge on any atom is -0.473 e. The molecule has 1 aliphatic rings. The molecule has 0 saturated carbocycles. The van der Waals surface area contributed by atoms with Crippen molar-refractivity contribution in [2.75, 3.05) is 13.1 Å². The second kappa shape index (κ2) is 9.93. The van der Waals surface area contributed by atoms with Crippen LogP contribution in [0, 0.1) is 5.82 Å². The number of nitrogens with zero attached hydrogens (tertiary/aromatic N) is 4. The molecule has 35 heavy (non-hydrogen) atoms. The largest absolute Gasteiger partial charge is 0.473 e. The van der Waals surface area contributed by atoms with Crippen molar-refractivity contribution >= 4 is 44.4 Å². The Kier molecular flexibility index (Phi) is 6.73. The molecular weight excluding hydrogens is 483 g/mol. The highest BCUT2D eigenvalue weighted by Crippen LogP contribution is 2.30. The molecule has 4 heterocycles. The van der Waals surface area contributed by atoms with Gasteiger partial charge in [0.2, 0.25) is 5.88 Å². The van der Waals surface area contributed by atoms with Crippen molar-refractivity contribution in [2.45, 2.75) is 26.5 Å². The van der Waals surface area contributed by atoms with Crippen molar-refractivity contribution in [1.82, 2.24) is 19.4 Å².